The van der Waals surface area contributed by atoms with E-state index in [0.29, 0.717) is 31.7 Å². The summed E-state index contributed by atoms with van der Waals surface area (Å²) in [4.78, 5) is 15.2. The van der Waals surface area contributed by atoms with E-state index in [1.54, 1.807) is 0 Å². The van der Waals surface area contributed by atoms with Gasteiger partial charge in [0, 0.05) is 13.2 Å². The van der Waals surface area contributed by atoms with E-state index in [-0.39, 0.29) is 0 Å². The van der Waals surface area contributed by atoms with Crippen molar-refractivity contribution in [2.24, 2.45) is 0 Å². The number of carboxylic acids is 1. The summed E-state index contributed by atoms with van der Waals surface area (Å²) in [5, 5.41) is 9.22. The van der Waals surface area contributed by atoms with Crippen LogP contribution in [0.1, 0.15) is 18.5 Å². The third-order valence-corrected chi connectivity index (χ3v) is 2.68. The molecule has 5 heteroatoms. The van der Waals surface area contributed by atoms with Crippen LogP contribution in [-0.2, 0) is 14.9 Å². The average Bonchev–Trinajstić information content (AvgIpc) is 2.72. The third-order valence-electron chi connectivity index (χ3n) is 2.68. The third kappa shape index (κ3) is 1.29. The Morgan fingerprint density at radius 3 is 2.71 bits per heavy atom. The number of carbonyl (C=O) groups is 1. The number of carboxylic acid groups (broad SMARTS) is 1. The first-order valence-corrected chi connectivity index (χ1v) is 4.45. The summed E-state index contributed by atoms with van der Waals surface area (Å²) in [5.74, 6) is -0.852. The molecule has 14 heavy (non-hydrogen) atoms. The molecule has 2 heterocycles. The zero-order valence-electron chi connectivity index (χ0n) is 7.60. The molecular weight excluding hydrogens is 186 g/mol. The zero-order valence-corrected chi connectivity index (χ0v) is 7.60. The van der Waals surface area contributed by atoms with Crippen molar-refractivity contribution in [3.05, 3.63) is 18.4 Å². The minimum absolute atomic E-state index is 0.453. The predicted octanol–water partition coefficient (Wildman–Crippen LogP) is 0.807. The maximum Gasteiger partial charge on any atom is 0.316 e. The molecule has 1 N–H and O–H groups in total. The lowest BCUT2D eigenvalue weighted by atomic mass is 9.78. The van der Waals surface area contributed by atoms with Crippen LogP contribution in [0, 0.1) is 0 Å². The first-order valence-electron chi connectivity index (χ1n) is 4.45. The second kappa shape index (κ2) is 3.42. The number of oxazole rings is 1. The number of hydrogen-bond donors (Lipinski definition) is 1. The van der Waals surface area contributed by atoms with Crippen LogP contribution in [0.2, 0.25) is 0 Å². The molecule has 1 aliphatic rings. The summed E-state index contributed by atoms with van der Waals surface area (Å²) < 4.78 is 9.98. The average molecular weight is 197 g/mol. The molecule has 0 atom stereocenters. The van der Waals surface area contributed by atoms with Crippen molar-refractivity contribution >= 4 is 5.97 Å². The SMILES string of the molecule is O=C(O)C1(c2cocn2)CCOCC1. The van der Waals surface area contributed by atoms with Gasteiger partial charge < -0.3 is 14.3 Å². The van der Waals surface area contributed by atoms with E-state index in [2.05, 4.69) is 4.98 Å². The van der Waals surface area contributed by atoms with Gasteiger partial charge in [-0.25, -0.2) is 4.98 Å². The highest BCUT2D eigenvalue weighted by Gasteiger charge is 2.44. The van der Waals surface area contributed by atoms with Gasteiger partial charge in [0.1, 0.15) is 11.7 Å². The van der Waals surface area contributed by atoms with E-state index < -0.39 is 11.4 Å². The van der Waals surface area contributed by atoms with Crippen LogP contribution in [0.5, 0.6) is 0 Å². The van der Waals surface area contributed by atoms with Crippen LogP contribution in [0.25, 0.3) is 0 Å². The van der Waals surface area contributed by atoms with Crippen molar-refractivity contribution in [1.29, 1.82) is 0 Å². The molecule has 76 valence electrons. The van der Waals surface area contributed by atoms with E-state index in [4.69, 9.17) is 9.15 Å². The molecule has 0 bridgehead atoms. The van der Waals surface area contributed by atoms with Crippen LogP contribution in [0.4, 0.5) is 0 Å². The van der Waals surface area contributed by atoms with Gasteiger partial charge in [-0.05, 0) is 12.8 Å². The number of rotatable bonds is 2. The number of aliphatic carboxylic acids is 1. The predicted molar refractivity (Wildman–Crippen MR) is 45.9 cm³/mol. The Hall–Kier alpha value is -1.36. The summed E-state index contributed by atoms with van der Waals surface area (Å²) in [6, 6.07) is 0. The van der Waals surface area contributed by atoms with Crippen LogP contribution < -0.4 is 0 Å². The van der Waals surface area contributed by atoms with Gasteiger partial charge in [-0.3, -0.25) is 4.79 Å². The lowest BCUT2D eigenvalue weighted by Gasteiger charge is -2.30. The first kappa shape index (κ1) is 9.21. The van der Waals surface area contributed by atoms with Gasteiger partial charge >= 0.3 is 5.97 Å². The Kier molecular flexibility index (Phi) is 2.25. The van der Waals surface area contributed by atoms with E-state index >= 15 is 0 Å². The molecule has 1 aliphatic heterocycles. The van der Waals surface area contributed by atoms with Crippen LogP contribution >= 0.6 is 0 Å². The summed E-state index contributed by atoms with van der Waals surface area (Å²) >= 11 is 0. The van der Waals surface area contributed by atoms with Gasteiger partial charge in [-0.2, -0.15) is 0 Å². The van der Waals surface area contributed by atoms with E-state index in [1.807, 2.05) is 0 Å². The zero-order chi connectivity index (χ0) is 10.0. The first-order chi connectivity index (χ1) is 6.76. The lowest BCUT2D eigenvalue weighted by molar-refractivity contribution is -0.148. The molecular formula is C9H11NO4. The Bertz CT molecular complexity index is 314. The van der Waals surface area contributed by atoms with Gasteiger partial charge in [0.05, 0.1) is 5.69 Å². The number of hydrogen-bond acceptors (Lipinski definition) is 4. The fourth-order valence-electron chi connectivity index (χ4n) is 1.75. The topological polar surface area (TPSA) is 72.6 Å². The van der Waals surface area contributed by atoms with Crippen LogP contribution in [0.15, 0.2) is 17.1 Å². The standard InChI is InChI=1S/C9H11NO4/c11-8(12)9(1-3-13-4-2-9)7-5-14-6-10-7/h5-6H,1-4H2,(H,11,12). The smallest absolute Gasteiger partial charge is 0.316 e. The largest absolute Gasteiger partial charge is 0.481 e. The van der Waals surface area contributed by atoms with E-state index in [0.717, 1.165) is 0 Å². The van der Waals surface area contributed by atoms with E-state index in [9.17, 15) is 9.90 Å². The van der Waals surface area contributed by atoms with Crippen molar-refractivity contribution in [2.45, 2.75) is 18.3 Å². The Morgan fingerprint density at radius 2 is 2.21 bits per heavy atom. The molecule has 5 nitrogen and oxygen atoms in total. The maximum atomic E-state index is 11.2. The monoisotopic (exact) mass is 197 g/mol. The summed E-state index contributed by atoms with van der Waals surface area (Å²) in [7, 11) is 0. The molecule has 0 radical (unpaired) electrons. The molecule has 0 unspecified atom stereocenters. The van der Waals surface area contributed by atoms with Gasteiger partial charge in [0.25, 0.3) is 0 Å². The highest BCUT2D eigenvalue weighted by Crippen LogP contribution is 2.33. The number of ether oxygens (including phenoxy) is 1. The molecule has 2 rings (SSSR count). The Morgan fingerprint density at radius 1 is 1.50 bits per heavy atom. The normalized spacial score (nSPS) is 20.6. The van der Waals surface area contributed by atoms with Crippen molar-refractivity contribution in [2.75, 3.05) is 13.2 Å². The fourth-order valence-corrected chi connectivity index (χ4v) is 1.75. The van der Waals surface area contributed by atoms with E-state index in [1.165, 1.54) is 12.7 Å². The summed E-state index contributed by atoms with van der Waals surface area (Å²) in [6.07, 6.45) is 3.57. The number of nitrogens with zero attached hydrogens (tertiary/aromatic N) is 1. The molecule has 0 amide bonds. The van der Waals surface area contributed by atoms with Crippen molar-refractivity contribution < 1.29 is 19.1 Å². The van der Waals surface area contributed by atoms with Crippen molar-refractivity contribution in [3.8, 4) is 0 Å². The fraction of sp³-hybridized carbons (Fsp3) is 0.556. The highest BCUT2D eigenvalue weighted by molar-refractivity contribution is 5.80. The molecule has 1 fully saturated rings. The van der Waals surface area contributed by atoms with Crippen LogP contribution in [0.3, 0.4) is 0 Å². The van der Waals surface area contributed by atoms with Crippen molar-refractivity contribution in [1.82, 2.24) is 4.98 Å². The lowest BCUT2D eigenvalue weighted by Crippen LogP contribution is -2.41. The molecule has 0 spiro atoms. The second-order valence-corrected chi connectivity index (χ2v) is 3.37. The maximum absolute atomic E-state index is 11.2. The van der Waals surface area contributed by atoms with Gasteiger partial charge in [0.2, 0.25) is 0 Å². The second-order valence-electron chi connectivity index (χ2n) is 3.37. The quantitative estimate of drug-likeness (QED) is 0.759. The highest BCUT2D eigenvalue weighted by atomic mass is 16.5. The summed E-state index contributed by atoms with van der Waals surface area (Å²) in [6.45, 7) is 0.915. The molecule has 1 aromatic heterocycles. The molecule has 0 saturated carbocycles. The minimum Gasteiger partial charge on any atom is -0.481 e. The number of aromatic nitrogens is 1. The molecule has 1 aromatic rings. The van der Waals surface area contributed by atoms with Gasteiger partial charge in [-0.15, -0.1) is 0 Å². The minimum atomic E-state index is -0.911. The molecule has 1 saturated heterocycles. The van der Waals surface area contributed by atoms with Gasteiger partial charge in [0.15, 0.2) is 6.39 Å². The molecule has 0 aromatic carbocycles. The Labute approximate surface area is 80.7 Å². The Balaban J connectivity index is 2.35. The molecule has 0 aliphatic carbocycles. The van der Waals surface area contributed by atoms with Gasteiger partial charge in [-0.1, -0.05) is 0 Å². The van der Waals surface area contributed by atoms with Crippen molar-refractivity contribution in [3.63, 3.8) is 0 Å². The van der Waals surface area contributed by atoms with Crippen LogP contribution in [-0.4, -0.2) is 29.3 Å². The summed E-state index contributed by atoms with van der Waals surface area (Å²) in [5.41, 5.74) is -0.418.